The number of likely N-dealkylation sites (N-methyl/N-ethyl adjacent to an activating group) is 1. The highest BCUT2D eigenvalue weighted by Crippen LogP contribution is 1.94. The second kappa shape index (κ2) is 25.6. The fourth-order valence-electron chi connectivity index (χ4n) is 1.83. The number of aliphatic hydroxyl groups is 5. The van der Waals surface area contributed by atoms with Crippen molar-refractivity contribution in [2.75, 3.05) is 93.4 Å². The van der Waals surface area contributed by atoms with Crippen molar-refractivity contribution < 1.29 is 69.6 Å². The standard InChI is InChI=1S/C10H16N2O8.C5H14NO.C3H8O3.C2H6O/c13-7(14)3-11(4-8(15)16)1-2-12(5-9(17)18)6-10(19)20;1-6(2,3)4-5-7;4-1-3(6)2-5;1-2-3/h1-6H2,(H,13,14)(H,15,16)(H,17,18)(H,19,20);7H,4-5H2,1-3H3;3-6H,1-2H2;3H,2H2,1H3/q;+1;;. The number of carbonyl (C=O) groups is 4. The molecule has 0 aliphatic carbocycles. The Morgan fingerprint density at radius 1 is 0.667 bits per heavy atom. The van der Waals surface area contributed by atoms with E-state index in [4.69, 9.17) is 46.0 Å². The predicted octanol–water partition coefficient (Wildman–Crippen LogP) is -4.06. The minimum atomic E-state index is -1.23. The third-order valence-electron chi connectivity index (χ3n) is 3.36. The van der Waals surface area contributed by atoms with Gasteiger partial charge in [-0.15, -0.1) is 0 Å². The van der Waals surface area contributed by atoms with Gasteiger partial charge < -0.3 is 50.4 Å². The first-order chi connectivity index (χ1) is 16.5. The molecular weight excluding hydrogens is 490 g/mol. The minimum absolute atomic E-state index is 0.0703. The molecule has 36 heavy (non-hydrogen) atoms. The van der Waals surface area contributed by atoms with Crippen LogP contribution in [-0.2, 0) is 19.2 Å². The van der Waals surface area contributed by atoms with E-state index in [0.29, 0.717) is 0 Å². The Bertz CT molecular complexity index is 514. The summed E-state index contributed by atoms with van der Waals surface area (Å²) in [5, 5.41) is 74.4. The Labute approximate surface area is 210 Å². The van der Waals surface area contributed by atoms with Crippen molar-refractivity contribution in [3.63, 3.8) is 0 Å². The first kappa shape index (κ1) is 40.7. The summed E-state index contributed by atoms with van der Waals surface area (Å²) < 4.78 is 0.844. The van der Waals surface area contributed by atoms with E-state index in [1.165, 1.54) is 0 Å². The molecule has 16 heteroatoms. The quantitative estimate of drug-likeness (QED) is 0.0906. The van der Waals surface area contributed by atoms with Gasteiger partial charge >= 0.3 is 23.9 Å². The van der Waals surface area contributed by atoms with Gasteiger partial charge in [0.05, 0.1) is 67.1 Å². The molecule has 0 saturated heterocycles. The molecule has 0 aromatic rings. The van der Waals surface area contributed by atoms with Gasteiger partial charge in [-0.3, -0.25) is 29.0 Å². The van der Waals surface area contributed by atoms with Gasteiger partial charge in [0.15, 0.2) is 0 Å². The van der Waals surface area contributed by atoms with E-state index in [0.717, 1.165) is 20.8 Å². The van der Waals surface area contributed by atoms with E-state index >= 15 is 0 Å². The van der Waals surface area contributed by atoms with Crippen LogP contribution in [0.15, 0.2) is 0 Å². The van der Waals surface area contributed by atoms with E-state index in [1.807, 2.05) is 0 Å². The number of aliphatic hydroxyl groups excluding tert-OH is 5. The topological polar surface area (TPSA) is 257 Å². The molecule has 216 valence electrons. The molecule has 0 aliphatic heterocycles. The zero-order valence-corrected chi connectivity index (χ0v) is 21.4. The van der Waals surface area contributed by atoms with Crippen LogP contribution in [-0.4, -0.2) is 184 Å². The van der Waals surface area contributed by atoms with Crippen LogP contribution in [0.1, 0.15) is 6.92 Å². The largest absolute Gasteiger partial charge is 0.480 e. The maximum atomic E-state index is 10.6. The van der Waals surface area contributed by atoms with E-state index in [1.54, 1.807) is 6.92 Å². The number of aliphatic carboxylic acids is 4. The normalized spacial score (nSPS) is 10.4. The summed E-state index contributed by atoms with van der Waals surface area (Å²) in [5.74, 6) is -4.91. The fraction of sp³-hybridized carbons (Fsp3) is 0.800. The predicted molar refractivity (Wildman–Crippen MR) is 126 cm³/mol. The van der Waals surface area contributed by atoms with Crippen molar-refractivity contribution in [3.8, 4) is 0 Å². The molecule has 0 unspecified atom stereocenters. The number of quaternary nitrogens is 1. The summed E-state index contributed by atoms with van der Waals surface area (Å²) in [6.07, 6.45) is -0.954. The molecule has 0 aromatic carbocycles. The van der Waals surface area contributed by atoms with Crippen molar-refractivity contribution in [1.82, 2.24) is 9.80 Å². The second-order valence-electron chi connectivity index (χ2n) is 8.07. The first-order valence-electron chi connectivity index (χ1n) is 10.7. The summed E-state index contributed by atoms with van der Waals surface area (Å²) in [6.45, 7) is 0.0654. The molecule has 0 atom stereocenters. The first-order valence-corrected chi connectivity index (χ1v) is 10.7. The van der Waals surface area contributed by atoms with Crippen LogP contribution in [0.4, 0.5) is 0 Å². The van der Waals surface area contributed by atoms with E-state index in [9.17, 15) is 19.2 Å². The highest BCUT2D eigenvalue weighted by atomic mass is 16.4. The molecule has 0 aliphatic rings. The van der Waals surface area contributed by atoms with Crippen LogP contribution in [0.3, 0.4) is 0 Å². The average molecular weight is 535 g/mol. The zero-order chi connectivity index (χ0) is 29.3. The monoisotopic (exact) mass is 534 g/mol. The summed E-state index contributed by atoms with van der Waals surface area (Å²) in [7, 11) is 6.16. The van der Waals surface area contributed by atoms with Crippen LogP contribution in [0.25, 0.3) is 0 Å². The van der Waals surface area contributed by atoms with Crippen molar-refractivity contribution in [1.29, 1.82) is 0 Å². The summed E-state index contributed by atoms with van der Waals surface area (Å²) in [4.78, 5) is 44.4. The maximum absolute atomic E-state index is 10.6. The Balaban J connectivity index is -0.000000259. The average Bonchev–Trinajstić information content (AvgIpc) is 2.70. The number of hydrogen-bond acceptors (Lipinski definition) is 11. The van der Waals surface area contributed by atoms with Crippen LogP contribution >= 0.6 is 0 Å². The number of nitrogens with zero attached hydrogens (tertiary/aromatic N) is 3. The van der Waals surface area contributed by atoms with Crippen molar-refractivity contribution in [2.24, 2.45) is 0 Å². The highest BCUT2D eigenvalue weighted by Gasteiger charge is 2.18. The van der Waals surface area contributed by atoms with E-state index < -0.39 is 56.2 Å². The minimum Gasteiger partial charge on any atom is -0.480 e. The van der Waals surface area contributed by atoms with E-state index in [-0.39, 0.29) is 39.5 Å². The van der Waals surface area contributed by atoms with Crippen molar-refractivity contribution >= 4 is 23.9 Å². The molecule has 0 aromatic heterocycles. The van der Waals surface area contributed by atoms with Crippen LogP contribution in [0.5, 0.6) is 0 Å². The maximum Gasteiger partial charge on any atom is 0.317 e. The van der Waals surface area contributed by atoms with Crippen molar-refractivity contribution in [3.05, 3.63) is 0 Å². The van der Waals surface area contributed by atoms with Gasteiger partial charge in [-0.1, -0.05) is 0 Å². The van der Waals surface area contributed by atoms with Crippen molar-refractivity contribution in [2.45, 2.75) is 13.0 Å². The van der Waals surface area contributed by atoms with Crippen LogP contribution < -0.4 is 0 Å². The van der Waals surface area contributed by atoms with Gasteiger partial charge in [0.1, 0.15) is 12.6 Å². The van der Waals surface area contributed by atoms with Gasteiger partial charge in [-0.05, 0) is 6.92 Å². The summed E-state index contributed by atoms with van der Waals surface area (Å²) >= 11 is 0. The lowest BCUT2D eigenvalue weighted by molar-refractivity contribution is -0.870. The Morgan fingerprint density at radius 2 is 0.917 bits per heavy atom. The highest BCUT2D eigenvalue weighted by molar-refractivity contribution is 5.73. The third kappa shape index (κ3) is 41.8. The molecule has 0 fully saturated rings. The Morgan fingerprint density at radius 3 is 1.00 bits per heavy atom. The molecular formula is C20H44N3O13+. The molecule has 0 heterocycles. The Hall–Kier alpha value is -2.44. The number of hydrogen-bond donors (Lipinski definition) is 9. The zero-order valence-electron chi connectivity index (χ0n) is 21.4. The lowest BCUT2D eigenvalue weighted by Crippen LogP contribution is -2.43. The summed E-state index contributed by atoms with van der Waals surface area (Å²) in [5.41, 5.74) is 0. The number of rotatable bonds is 15. The second-order valence-corrected chi connectivity index (χ2v) is 8.07. The van der Waals surface area contributed by atoms with Gasteiger partial charge in [0.25, 0.3) is 0 Å². The van der Waals surface area contributed by atoms with Gasteiger partial charge in [0, 0.05) is 19.7 Å². The molecule has 16 nitrogen and oxygen atoms in total. The van der Waals surface area contributed by atoms with E-state index in [2.05, 4.69) is 21.1 Å². The lowest BCUT2D eigenvalue weighted by atomic mass is 10.4. The fourth-order valence-corrected chi connectivity index (χ4v) is 1.83. The SMILES string of the molecule is CCO.C[N+](C)(C)CCO.O=C(O)CN(CCN(CC(=O)O)CC(=O)O)CC(=O)O.OCC(O)CO. The summed E-state index contributed by atoms with van der Waals surface area (Å²) in [6, 6.07) is 0. The molecule has 0 amide bonds. The molecule has 0 bridgehead atoms. The molecule has 0 saturated carbocycles. The van der Waals surface area contributed by atoms with Crippen LogP contribution in [0, 0.1) is 0 Å². The van der Waals surface area contributed by atoms with Crippen LogP contribution in [0.2, 0.25) is 0 Å². The third-order valence-corrected chi connectivity index (χ3v) is 3.36. The van der Waals surface area contributed by atoms with Gasteiger partial charge in [0.2, 0.25) is 0 Å². The lowest BCUT2D eigenvalue weighted by Gasteiger charge is -2.23. The molecule has 0 rings (SSSR count). The van der Waals surface area contributed by atoms with Gasteiger partial charge in [-0.25, -0.2) is 0 Å². The Kier molecular flexibility index (Phi) is 29.0. The van der Waals surface area contributed by atoms with Gasteiger partial charge in [-0.2, -0.15) is 0 Å². The molecule has 0 spiro atoms. The molecule has 9 N–H and O–H groups in total. The number of carboxylic acids is 4. The molecule has 0 radical (unpaired) electrons. The number of carboxylic acid groups (broad SMARTS) is 4. The smallest absolute Gasteiger partial charge is 0.317 e.